The summed E-state index contributed by atoms with van der Waals surface area (Å²) in [6.45, 7) is 6.25. The molecule has 5 nitrogen and oxygen atoms in total. The summed E-state index contributed by atoms with van der Waals surface area (Å²) in [6, 6.07) is 8.07. The van der Waals surface area contributed by atoms with E-state index in [1.54, 1.807) is 7.11 Å². The van der Waals surface area contributed by atoms with Crippen LogP contribution in [-0.4, -0.2) is 28.8 Å². The van der Waals surface area contributed by atoms with Crippen LogP contribution in [0.15, 0.2) is 24.3 Å². The summed E-state index contributed by atoms with van der Waals surface area (Å²) in [5, 5.41) is 7.83. The van der Waals surface area contributed by atoms with Gasteiger partial charge in [-0.3, -0.25) is 4.79 Å². The zero-order chi connectivity index (χ0) is 17.3. The minimum Gasteiger partial charge on any atom is -0.497 e. The van der Waals surface area contributed by atoms with Crippen molar-refractivity contribution >= 4 is 5.91 Å². The van der Waals surface area contributed by atoms with Crippen molar-refractivity contribution in [2.24, 2.45) is 5.92 Å². The van der Waals surface area contributed by atoms with Crippen LogP contribution in [0.2, 0.25) is 0 Å². The highest BCUT2D eigenvalue weighted by Gasteiger charge is 2.28. The zero-order valence-electron chi connectivity index (χ0n) is 14.8. The third-order valence-electron chi connectivity index (χ3n) is 4.25. The molecule has 0 radical (unpaired) electrons. The number of hydrogen-bond donors (Lipinski definition) is 1. The van der Waals surface area contributed by atoms with Crippen molar-refractivity contribution in [3.8, 4) is 11.4 Å². The summed E-state index contributed by atoms with van der Waals surface area (Å²) in [7, 11) is 1.65. The Kier molecular flexibility index (Phi) is 4.60. The quantitative estimate of drug-likeness (QED) is 0.886. The van der Waals surface area contributed by atoms with E-state index in [1.165, 1.54) is 0 Å². The number of aromatic nitrogens is 2. The molecule has 24 heavy (non-hydrogen) atoms. The predicted octanol–water partition coefficient (Wildman–Crippen LogP) is 3.28. The van der Waals surface area contributed by atoms with Gasteiger partial charge in [0.05, 0.1) is 29.7 Å². The Morgan fingerprint density at radius 2 is 2.00 bits per heavy atom. The molecule has 0 saturated heterocycles. The highest BCUT2D eigenvalue weighted by atomic mass is 16.5. The molecule has 0 bridgehead atoms. The summed E-state index contributed by atoms with van der Waals surface area (Å²) in [6.07, 6.45) is 2.95. The van der Waals surface area contributed by atoms with Crippen LogP contribution in [0.5, 0.6) is 5.75 Å². The maximum atomic E-state index is 12.7. The molecule has 3 rings (SSSR count). The number of amides is 1. The van der Waals surface area contributed by atoms with E-state index in [1.807, 2.05) is 35.9 Å². The Balaban J connectivity index is 1.99. The Hall–Kier alpha value is -2.30. The molecular formula is C19H25N3O2. The van der Waals surface area contributed by atoms with Gasteiger partial charge in [-0.1, -0.05) is 13.8 Å². The number of nitrogens with zero attached hydrogens (tertiary/aromatic N) is 2. The lowest BCUT2D eigenvalue weighted by molar-refractivity contribution is 0.0949. The van der Waals surface area contributed by atoms with Crippen LogP contribution >= 0.6 is 0 Å². The minimum atomic E-state index is 0.00501. The van der Waals surface area contributed by atoms with E-state index < -0.39 is 0 Å². The number of benzene rings is 1. The summed E-state index contributed by atoms with van der Waals surface area (Å²) in [4.78, 5) is 12.7. The molecule has 5 heteroatoms. The van der Waals surface area contributed by atoms with Crippen molar-refractivity contribution in [2.75, 3.05) is 7.11 Å². The van der Waals surface area contributed by atoms with Crippen molar-refractivity contribution in [1.29, 1.82) is 0 Å². The van der Waals surface area contributed by atoms with Crippen LogP contribution in [0.3, 0.4) is 0 Å². The first-order valence-electron chi connectivity index (χ1n) is 8.53. The van der Waals surface area contributed by atoms with Gasteiger partial charge >= 0.3 is 0 Å². The molecule has 128 valence electrons. The molecule has 1 heterocycles. The smallest absolute Gasteiger partial charge is 0.255 e. The molecule has 1 saturated carbocycles. The third-order valence-corrected chi connectivity index (χ3v) is 4.25. The Bertz CT molecular complexity index is 728. The molecule has 1 amide bonds. The summed E-state index contributed by atoms with van der Waals surface area (Å²) >= 11 is 0. The molecule has 1 aliphatic carbocycles. The normalized spacial score (nSPS) is 14.0. The highest BCUT2D eigenvalue weighted by Crippen LogP contribution is 2.24. The lowest BCUT2D eigenvalue weighted by Gasteiger charge is -2.07. The van der Waals surface area contributed by atoms with Crippen molar-refractivity contribution in [1.82, 2.24) is 15.1 Å². The topological polar surface area (TPSA) is 56.2 Å². The van der Waals surface area contributed by atoms with Crippen LogP contribution in [0.1, 0.15) is 48.4 Å². The van der Waals surface area contributed by atoms with E-state index in [0.29, 0.717) is 12.0 Å². The van der Waals surface area contributed by atoms with Crippen molar-refractivity contribution < 1.29 is 9.53 Å². The predicted molar refractivity (Wildman–Crippen MR) is 93.9 cm³/mol. The largest absolute Gasteiger partial charge is 0.497 e. The first-order valence-corrected chi connectivity index (χ1v) is 8.53. The van der Waals surface area contributed by atoms with Gasteiger partial charge in [0, 0.05) is 6.04 Å². The zero-order valence-corrected chi connectivity index (χ0v) is 14.8. The molecule has 0 aliphatic heterocycles. The molecular weight excluding hydrogens is 302 g/mol. The van der Waals surface area contributed by atoms with Crippen LogP contribution in [-0.2, 0) is 6.42 Å². The van der Waals surface area contributed by atoms with Gasteiger partial charge < -0.3 is 10.1 Å². The van der Waals surface area contributed by atoms with Crippen molar-refractivity contribution in [2.45, 2.75) is 46.1 Å². The summed E-state index contributed by atoms with van der Waals surface area (Å²) in [5.74, 6) is 1.25. The molecule has 1 fully saturated rings. The van der Waals surface area contributed by atoms with Gasteiger partial charge in [0.25, 0.3) is 5.91 Å². The lowest BCUT2D eigenvalue weighted by atomic mass is 10.0. The third kappa shape index (κ3) is 3.45. The molecule has 1 N–H and O–H groups in total. The van der Waals surface area contributed by atoms with E-state index in [4.69, 9.17) is 9.84 Å². The van der Waals surface area contributed by atoms with Gasteiger partial charge in [0.2, 0.25) is 0 Å². The van der Waals surface area contributed by atoms with Gasteiger partial charge in [-0.05, 0) is 56.4 Å². The minimum absolute atomic E-state index is 0.00501. The monoisotopic (exact) mass is 327 g/mol. The molecule has 0 unspecified atom stereocenters. The number of carbonyl (C=O) groups excluding carboxylic acids is 1. The lowest BCUT2D eigenvalue weighted by Crippen LogP contribution is -2.27. The van der Waals surface area contributed by atoms with E-state index in [0.717, 1.165) is 47.7 Å². The van der Waals surface area contributed by atoms with Crippen molar-refractivity contribution in [3.63, 3.8) is 0 Å². The van der Waals surface area contributed by atoms with Gasteiger partial charge in [0.15, 0.2) is 0 Å². The van der Waals surface area contributed by atoms with Crippen LogP contribution < -0.4 is 10.1 Å². The van der Waals surface area contributed by atoms with Gasteiger partial charge in [-0.25, -0.2) is 4.68 Å². The van der Waals surface area contributed by atoms with Crippen LogP contribution in [0.4, 0.5) is 0 Å². The standard InChI is InChI=1S/C19H25N3O2/c1-12(2)11-17-18(19(23)20-14-5-6-14)13(3)22(21-17)15-7-9-16(24-4)10-8-15/h7-10,12,14H,5-6,11H2,1-4H3,(H,20,23). The Morgan fingerprint density at radius 3 is 2.54 bits per heavy atom. The molecule has 2 aromatic rings. The first-order chi connectivity index (χ1) is 11.5. The first kappa shape index (κ1) is 16.6. The Morgan fingerprint density at radius 1 is 1.33 bits per heavy atom. The van der Waals surface area contributed by atoms with E-state index in [9.17, 15) is 4.79 Å². The number of nitrogens with one attached hydrogen (secondary N) is 1. The Labute approximate surface area is 143 Å². The maximum absolute atomic E-state index is 12.7. The maximum Gasteiger partial charge on any atom is 0.255 e. The van der Waals surface area contributed by atoms with Crippen LogP contribution in [0, 0.1) is 12.8 Å². The second-order valence-corrected chi connectivity index (χ2v) is 6.86. The second kappa shape index (κ2) is 6.67. The average Bonchev–Trinajstić information content (AvgIpc) is 3.30. The average molecular weight is 327 g/mol. The van der Waals surface area contributed by atoms with E-state index in [-0.39, 0.29) is 5.91 Å². The number of ether oxygens (including phenoxy) is 1. The van der Waals surface area contributed by atoms with Crippen molar-refractivity contribution in [3.05, 3.63) is 41.2 Å². The SMILES string of the molecule is COc1ccc(-n2nc(CC(C)C)c(C(=O)NC3CC3)c2C)cc1. The molecule has 1 aliphatic rings. The highest BCUT2D eigenvalue weighted by molar-refractivity contribution is 5.97. The molecule has 0 atom stereocenters. The molecule has 0 spiro atoms. The fourth-order valence-corrected chi connectivity index (χ4v) is 2.85. The van der Waals surface area contributed by atoms with Gasteiger partial charge in [-0.15, -0.1) is 0 Å². The number of hydrogen-bond acceptors (Lipinski definition) is 3. The van der Waals surface area contributed by atoms with Gasteiger partial charge in [0.1, 0.15) is 5.75 Å². The van der Waals surface area contributed by atoms with Gasteiger partial charge in [-0.2, -0.15) is 5.10 Å². The number of rotatable bonds is 6. The fourth-order valence-electron chi connectivity index (χ4n) is 2.85. The van der Waals surface area contributed by atoms with Crippen LogP contribution in [0.25, 0.3) is 5.69 Å². The summed E-state index contributed by atoms with van der Waals surface area (Å²) < 4.78 is 7.07. The fraction of sp³-hybridized carbons (Fsp3) is 0.474. The molecule has 1 aromatic heterocycles. The second-order valence-electron chi connectivity index (χ2n) is 6.86. The van der Waals surface area contributed by atoms with E-state index in [2.05, 4.69) is 19.2 Å². The number of carbonyl (C=O) groups is 1. The molecule has 1 aromatic carbocycles. The summed E-state index contributed by atoms with van der Waals surface area (Å²) in [5.41, 5.74) is 3.42. The number of methoxy groups -OCH3 is 1. The van der Waals surface area contributed by atoms with E-state index >= 15 is 0 Å².